The van der Waals surface area contributed by atoms with Crippen molar-refractivity contribution in [3.8, 4) is 0 Å². The van der Waals surface area contributed by atoms with Crippen LogP contribution in [0.15, 0.2) is 24.3 Å². The van der Waals surface area contributed by atoms with Gasteiger partial charge < -0.3 is 5.11 Å². The molecule has 1 aromatic carbocycles. The molecule has 0 saturated carbocycles. The molecule has 1 heterocycles. The molecule has 0 radical (unpaired) electrons. The second kappa shape index (κ2) is 5.32. The zero-order valence-corrected chi connectivity index (χ0v) is 9.85. The number of aromatic nitrogens is 3. The first-order valence-electron chi connectivity index (χ1n) is 4.93. The standard InChI is InChI=1S/C10H8N4O3S/c15-8(11-10-12-13-14-18-10)5-6-3-1-2-4-7(6)9(16)17/h1-4H,5H2,(H,16,17)(H,11,12,14,15). The van der Waals surface area contributed by atoms with Gasteiger partial charge in [-0.05, 0) is 16.8 Å². The number of nitrogens with zero attached hydrogens (tertiary/aromatic N) is 3. The number of nitrogens with one attached hydrogen (secondary N) is 1. The van der Waals surface area contributed by atoms with Crippen LogP contribution in [-0.2, 0) is 11.2 Å². The lowest BCUT2D eigenvalue weighted by Crippen LogP contribution is -2.16. The normalized spacial score (nSPS) is 10.0. The highest BCUT2D eigenvalue weighted by atomic mass is 32.1. The maximum absolute atomic E-state index is 11.7. The van der Waals surface area contributed by atoms with Crippen molar-refractivity contribution in [3.63, 3.8) is 0 Å². The molecule has 2 aromatic rings. The van der Waals surface area contributed by atoms with Crippen LogP contribution in [-0.4, -0.2) is 31.8 Å². The van der Waals surface area contributed by atoms with E-state index < -0.39 is 5.97 Å². The summed E-state index contributed by atoms with van der Waals surface area (Å²) < 4.78 is 3.50. The zero-order valence-electron chi connectivity index (χ0n) is 9.03. The first kappa shape index (κ1) is 12.1. The molecular formula is C10H8N4O3S. The van der Waals surface area contributed by atoms with E-state index in [9.17, 15) is 9.59 Å². The average Bonchev–Trinajstić information content (AvgIpc) is 2.82. The predicted molar refractivity (Wildman–Crippen MR) is 63.4 cm³/mol. The molecule has 0 aliphatic rings. The maximum atomic E-state index is 11.7. The fraction of sp³-hybridized carbons (Fsp3) is 0.100. The van der Waals surface area contributed by atoms with Crippen LogP contribution in [0.3, 0.4) is 0 Å². The zero-order chi connectivity index (χ0) is 13.0. The van der Waals surface area contributed by atoms with E-state index in [0.717, 1.165) is 11.5 Å². The van der Waals surface area contributed by atoms with Crippen molar-refractivity contribution >= 4 is 28.5 Å². The first-order chi connectivity index (χ1) is 8.66. The Kier molecular flexibility index (Phi) is 3.58. The Hall–Kier alpha value is -2.35. The van der Waals surface area contributed by atoms with Crippen molar-refractivity contribution in [2.24, 2.45) is 0 Å². The van der Waals surface area contributed by atoms with E-state index in [4.69, 9.17) is 5.11 Å². The van der Waals surface area contributed by atoms with Crippen LogP contribution in [0.5, 0.6) is 0 Å². The number of amides is 1. The molecular weight excluding hydrogens is 256 g/mol. The number of carboxylic acid groups (broad SMARTS) is 1. The molecule has 1 aromatic heterocycles. The summed E-state index contributed by atoms with van der Waals surface area (Å²) in [5.74, 6) is -1.42. The minimum Gasteiger partial charge on any atom is -0.478 e. The van der Waals surface area contributed by atoms with Gasteiger partial charge in [-0.2, -0.15) is 0 Å². The Balaban J connectivity index is 2.09. The molecule has 18 heavy (non-hydrogen) atoms. The van der Waals surface area contributed by atoms with Crippen molar-refractivity contribution in [1.29, 1.82) is 0 Å². The molecule has 0 fully saturated rings. The predicted octanol–water partition coefficient (Wildman–Crippen LogP) is 0.812. The van der Waals surface area contributed by atoms with Crippen molar-refractivity contribution in [1.82, 2.24) is 14.8 Å². The lowest BCUT2D eigenvalue weighted by atomic mass is 10.0. The van der Waals surface area contributed by atoms with Gasteiger partial charge in [0.1, 0.15) is 0 Å². The number of hydrogen-bond acceptors (Lipinski definition) is 6. The average molecular weight is 264 g/mol. The molecule has 0 spiro atoms. The molecule has 1 amide bonds. The lowest BCUT2D eigenvalue weighted by molar-refractivity contribution is -0.115. The SMILES string of the molecule is O=C(Cc1ccccc1C(=O)O)Nc1nnns1. The third-order valence-electron chi connectivity index (χ3n) is 2.14. The van der Waals surface area contributed by atoms with Gasteiger partial charge in [0, 0.05) is 11.5 Å². The molecule has 0 aliphatic carbocycles. The summed E-state index contributed by atoms with van der Waals surface area (Å²) >= 11 is 0.952. The number of hydrogen-bond donors (Lipinski definition) is 2. The molecule has 0 unspecified atom stereocenters. The molecule has 2 N–H and O–H groups in total. The third kappa shape index (κ3) is 2.86. The number of rotatable bonds is 4. The van der Waals surface area contributed by atoms with E-state index in [1.165, 1.54) is 6.07 Å². The lowest BCUT2D eigenvalue weighted by Gasteiger charge is -2.04. The number of carbonyl (C=O) groups excluding carboxylic acids is 1. The van der Waals surface area contributed by atoms with Gasteiger partial charge in [-0.3, -0.25) is 10.1 Å². The summed E-state index contributed by atoms with van der Waals surface area (Å²) in [7, 11) is 0. The number of aromatic carboxylic acids is 1. The largest absolute Gasteiger partial charge is 0.478 e. The highest BCUT2D eigenvalue weighted by Gasteiger charge is 2.13. The van der Waals surface area contributed by atoms with Crippen LogP contribution in [0.25, 0.3) is 0 Å². The number of anilines is 1. The number of benzene rings is 1. The third-order valence-corrected chi connectivity index (χ3v) is 2.66. The minimum atomic E-state index is -1.06. The monoisotopic (exact) mass is 264 g/mol. The summed E-state index contributed by atoms with van der Waals surface area (Å²) in [4.78, 5) is 22.6. The number of carbonyl (C=O) groups is 2. The van der Waals surface area contributed by atoms with Crippen LogP contribution in [0.4, 0.5) is 5.13 Å². The summed E-state index contributed by atoms with van der Waals surface area (Å²) in [6, 6.07) is 6.35. The Bertz CT molecular complexity index is 570. The fourth-order valence-electron chi connectivity index (χ4n) is 1.40. The van der Waals surface area contributed by atoms with Crippen molar-refractivity contribution in [2.75, 3.05) is 5.32 Å². The first-order valence-corrected chi connectivity index (χ1v) is 5.70. The summed E-state index contributed by atoms with van der Waals surface area (Å²) in [5, 5.41) is 18.6. The molecule has 7 nitrogen and oxygen atoms in total. The Morgan fingerprint density at radius 2 is 2.11 bits per heavy atom. The second-order valence-electron chi connectivity index (χ2n) is 3.35. The molecule has 0 atom stereocenters. The summed E-state index contributed by atoms with van der Waals surface area (Å²) in [5.41, 5.74) is 0.558. The highest BCUT2D eigenvalue weighted by molar-refractivity contribution is 7.09. The smallest absolute Gasteiger partial charge is 0.335 e. The van der Waals surface area contributed by atoms with Gasteiger partial charge in [0.05, 0.1) is 12.0 Å². The Morgan fingerprint density at radius 3 is 2.78 bits per heavy atom. The van der Waals surface area contributed by atoms with Gasteiger partial charge in [0.15, 0.2) is 0 Å². The summed E-state index contributed by atoms with van der Waals surface area (Å²) in [6.07, 6.45) is -0.0396. The van der Waals surface area contributed by atoms with Gasteiger partial charge >= 0.3 is 5.97 Å². The minimum absolute atomic E-state index is 0.0396. The highest BCUT2D eigenvalue weighted by Crippen LogP contribution is 2.11. The van der Waals surface area contributed by atoms with E-state index in [0.29, 0.717) is 5.56 Å². The molecule has 0 bridgehead atoms. The van der Waals surface area contributed by atoms with Gasteiger partial charge in [0.2, 0.25) is 11.0 Å². The van der Waals surface area contributed by atoms with E-state index in [2.05, 4.69) is 20.1 Å². The van der Waals surface area contributed by atoms with Crippen molar-refractivity contribution in [2.45, 2.75) is 6.42 Å². The molecule has 0 saturated heterocycles. The summed E-state index contributed by atoms with van der Waals surface area (Å²) in [6.45, 7) is 0. The molecule has 0 aliphatic heterocycles. The number of carboxylic acids is 1. The maximum Gasteiger partial charge on any atom is 0.335 e. The quantitative estimate of drug-likeness (QED) is 0.846. The van der Waals surface area contributed by atoms with E-state index in [1.54, 1.807) is 18.2 Å². The van der Waals surface area contributed by atoms with Crippen molar-refractivity contribution in [3.05, 3.63) is 35.4 Å². The van der Waals surface area contributed by atoms with Gasteiger partial charge in [-0.1, -0.05) is 27.8 Å². The van der Waals surface area contributed by atoms with Gasteiger partial charge in [0.25, 0.3) is 0 Å². The molecule has 8 heteroatoms. The van der Waals surface area contributed by atoms with E-state index in [-0.39, 0.29) is 23.0 Å². The Labute approximate surface area is 106 Å². The van der Waals surface area contributed by atoms with Crippen LogP contribution >= 0.6 is 11.5 Å². The van der Waals surface area contributed by atoms with Crippen LogP contribution in [0, 0.1) is 0 Å². The van der Waals surface area contributed by atoms with Crippen LogP contribution < -0.4 is 5.32 Å². The van der Waals surface area contributed by atoms with E-state index in [1.807, 2.05) is 0 Å². The topological polar surface area (TPSA) is 105 Å². The molecule has 2 rings (SSSR count). The molecule has 92 valence electrons. The van der Waals surface area contributed by atoms with Gasteiger partial charge in [-0.25, -0.2) is 4.79 Å². The van der Waals surface area contributed by atoms with E-state index >= 15 is 0 Å². The van der Waals surface area contributed by atoms with Crippen LogP contribution in [0.1, 0.15) is 15.9 Å². The second-order valence-corrected chi connectivity index (χ2v) is 4.09. The van der Waals surface area contributed by atoms with Crippen LogP contribution in [0.2, 0.25) is 0 Å². The fourth-order valence-corrected chi connectivity index (χ4v) is 1.78. The van der Waals surface area contributed by atoms with Gasteiger partial charge in [-0.15, -0.1) is 0 Å². The Morgan fingerprint density at radius 1 is 1.33 bits per heavy atom. The van der Waals surface area contributed by atoms with Crippen molar-refractivity contribution < 1.29 is 14.7 Å².